The molecule has 0 spiro atoms. The Kier molecular flexibility index (Phi) is 6.20. The molecule has 1 aliphatic rings. The Hall–Kier alpha value is -1.73. The molecule has 0 unspecified atom stereocenters. The number of hydrogen-bond donors (Lipinski definition) is 1. The van der Waals surface area contributed by atoms with Crippen LogP contribution in [0, 0.1) is 0 Å². The van der Waals surface area contributed by atoms with Crippen molar-refractivity contribution in [1.29, 1.82) is 0 Å². The maximum Gasteiger partial charge on any atom is 0.243 e. The van der Waals surface area contributed by atoms with Crippen molar-refractivity contribution in [2.45, 2.75) is 64.5 Å². The second-order valence-corrected chi connectivity index (χ2v) is 6.84. The fraction of sp³-hybridized carbons (Fsp3) is 0.722. The Morgan fingerprint density at radius 3 is 2.88 bits per heavy atom. The van der Waals surface area contributed by atoms with Gasteiger partial charge < -0.3 is 9.63 Å². The summed E-state index contributed by atoms with van der Waals surface area (Å²) in [6.45, 7) is 7.02. The Morgan fingerprint density at radius 2 is 2.16 bits per heavy atom. The molecule has 138 valence electrons. The highest BCUT2D eigenvalue weighted by Crippen LogP contribution is 2.31. The van der Waals surface area contributed by atoms with Crippen molar-refractivity contribution in [2.24, 2.45) is 0 Å². The quantitative estimate of drug-likeness (QED) is 0.790. The maximum atomic E-state index is 9.17. The molecular weight excluding hydrogens is 318 g/mol. The van der Waals surface area contributed by atoms with Gasteiger partial charge >= 0.3 is 0 Å². The molecule has 7 nitrogen and oxygen atoms in total. The van der Waals surface area contributed by atoms with Gasteiger partial charge in [-0.3, -0.25) is 9.58 Å². The van der Waals surface area contributed by atoms with Crippen molar-refractivity contribution < 1.29 is 9.63 Å². The van der Waals surface area contributed by atoms with Crippen LogP contribution in [0.25, 0.3) is 0 Å². The SMILES string of the molecule is CCCCc1noc([C@@H](C)N2CCC(c3ccnn3CCO)CC2)n1. The third-order valence-corrected chi connectivity index (χ3v) is 5.15. The number of rotatable bonds is 8. The summed E-state index contributed by atoms with van der Waals surface area (Å²) in [4.78, 5) is 6.99. The molecule has 0 aliphatic carbocycles. The molecule has 3 rings (SSSR count). The molecule has 0 bridgehead atoms. The number of aliphatic hydroxyl groups is 1. The predicted octanol–water partition coefficient (Wildman–Crippen LogP) is 2.54. The summed E-state index contributed by atoms with van der Waals surface area (Å²) in [5, 5.41) is 17.6. The average molecular weight is 347 g/mol. The smallest absolute Gasteiger partial charge is 0.243 e. The van der Waals surface area contributed by atoms with Gasteiger partial charge in [-0.1, -0.05) is 18.5 Å². The molecule has 1 N–H and O–H groups in total. The maximum absolute atomic E-state index is 9.17. The summed E-state index contributed by atoms with van der Waals surface area (Å²) in [7, 11) is 0. The Balaban J connectivity index is 1.56. The summed E-state index contributed by atoms with van der Waals surface area (Å²) in [6, 6.07) is 2.24. The van der Waals surface area contributed by atoms with Crippen molar-refractivity contribution in [1.82, 2.24) is 24.8 Å². The molecule has 0 amide bonds. The molecule has 1 saturated heterocycles. The molecule has 0 radical (unpaired) electrons. The third kappa shape index (κ3) is 4.27. The molecule has 0 aromatic carbocycles. The lowest BCUT2D eigenvalue weighted by Crippen LogP contribution is -2.35. The molecule has 1 aliphatic heterocycles. The van der Waals surface area contributed by atoms with E-state index in [1.807, 2.05) is 10.9 Å². The fourth-order valence-corrected chi connectivity index (χ4v) is 3.58. The zero-order chi connectivity index (χ0) is 17.6. The van der Waals surface area contributed by atoms with Crippen molar-refractivity contribution in [3.05, 3.63) is 29.7 Å². The second-order valence-electron chi connectivity index (χ2n) is 6.84. The number of piperidine rings is 1. The predicted molar refractivity (Wildman–Crippen MR) is 94.2 cm³/mol. The van der Waals surface area contributed by atoms with Crippen molar-refractivity contribution in [3.8, 4) is 0 Å². The summed E-state index contributed by atoms with van der Waals surface area (Å²) < 4.78 is 7.41. The first-order chi connectivity index (χ1) is 12.2. The largest absolute Gasteiger partial charge is 0.394 e. The van der Waals surface area contributed by atoms with Crippen LogP contribution in [0.3, 0.4) is 0 Å². The highest BCUT2D eigenvalue weighted by Gasteiger charge is 2.28. The van der Waals surface area contributed by atoms with Gasteiger partial charge in [0.15, 0.2) is 5.82 Å². The van der Waals surface area contributed by atoms with Crippen LogP contribution < -0.4 is 0 Å². The first kappa shape index (κ1) is 18.1. The average Bonchev–Trinajstić information content (AvgIpc) is 3.29. The first-order valence-corrected chi connectivity index (χ1v) is 9.42. The standard InChI is InChI=1S/C18H29N5O2/c1-3-4-5-17-20-18(25-21-17)14(2)22-10-7-15(8-11-22)16-6-9-19-23(16)12-13-24/h6,9,14-15,24H,3-5,7-8,10-13H2,1-2H3/t14-/m1/s1. The molecule has 1 fully saturated rings. The van der Waals surface area contributed by atoms with Crippen LogP contribution in [0.1, 0.15) is 68.9 Å². The van der Waals surface area contributed by atoms with Crippen molar-refractivity contribution in [3.63, 3.8) is 0 Å². The summed E-state index contributed by atoms with van der Waals surface area (Å²) in [5.74, 6) is 2.06. The van der Waals surface area contributed by atoms with Gasteiger partial charge in [-0.15, -0.1) is 0 Å². The summed E-state index contributed by atoms with van der Waals surface area (Å²) in [6.07, 6.45) is 7.12. The van der Waals surface area contributed by atoms with Gasteiger partial charge in [0.05, 0.1) is 19.2 Å². The third-order valence-electron chi connectivity index (χ3n) is 5.15. The van der Waals surface area contributed by atoms with E-state index in [1.54, 1.807) is 0 Å². The number of nitrogens with zero attached hydrogens (tertiary/aromatic N) is 5. The van der Waals surface area contributed by atoms with Crippen LogP contribution in [0.5, 0.6) is 0 Å². The number of aromatic nitrogens is 4. The molecular formula is C18H29N5O2. The summed E-state index contributed by atoms with van der Waals surface area (Å²) >= 11 is 0. The Bertz CT molecular complexity index is 645. The van der Waals surface area contributed by atoms with Gasteiger partial charge in [0.25, 0.3) is 0 Å². The lowest BCUT2D eigenvalue weighted by atomic mass is 9.92. The molecule has 2 aromatic heterocycles. The zero-order valence-electron chi connectivity index (χ0n) is 15.3. The highest BCUT2D eigenvalue weighted by atomic mass is 16.5. The molecule has 25 heavy (non-hydrogen) atoms. The van der Waals surface area contributed by atoms with E-state index in [9.17, 15) is 0 Å². The van der Waals surface area contributed by atoms with Crippen LogP contribution in [0.15, 0.2) is 16.8 Å². The molecule has 1 atom stereocenters. The number of hydrogen-bond acceptors (Lipinski definition) is 6. The van der Waals surface area contributed by atoms with Crippen LogP contribution in [-0.2, 0) is 13.0 Å². The molecule has 7 heteroatoms. The van der Waals surface area contributed by atoms with E-state index in [1.165, 1.54) is 5.69 Å². The topological polar surface area (TPSA) is 80.2 Å². The number of unbranched alkanes of at least 4 members (excludes halogenated alkanes) is 1. The molecule has 2 aromatic rings. The Morgan fingerprint density at radius 1 is 1.36 bits per heavy atom. The van der Waals surface area contributed by atoms with Gasteiger partial charge in [0, 0.05) is 24.2 Å². The van der Waals surface area contributed by atoms with Crippen LogP contribution in [-0.4, -0.2) is 49.6 Å². The minimum Gasteiger partial charge on any atom is -0.394 e. The van der Waals surface area contributed by atoms with E-state index in [2.05, 4.69) is 40.1 Å². The number of likely N-dealkylation sites (tertiary alicyclic amines) is 1. The Labute approximate surface area is 149 Å². The number of aliphatic hydroxyl groups excluding tert-OH is 1. The normalized spacial score (nSPS) is 17.9. The van der Waals surface area contributed by atoms with E-state index < -0.39 is 0 Å². The van der Waals surface area contributed by atoms with Crippen molar-refractivity contribution >= 4 is 0 Å². The van der Waals surface area contributed by atoms with E-state index in [4.69, 9.17) is 9.63 Å². The van der Waals surface area contributed by atoms with Gasteiger partial charge in [0.1, 0.15) is 0 Å². The second kappa shape index (κ2) is 8.58. The van der Waals surface area contributed by atoms with E-state index in [-0.39, 0.29) is 12.6 Å². The highest BCUT2D eigenvalue weighted by molar-refractivity contribution is 5.10. The van der Waals surface area contributed by atoms with E-state index in [0.717, 1.165) is 56.9 Å². The van der Waals surface area contributed by atoms with Gasteiger partial charge in [-0.25, -0.2) is 0 Å². The van der Waals surface area contributed by atoms with E-state index in [0.29, 0.717) is 12.5 Å². The van der Waals surface area contributed by atoms with Gasteiger partial charge in [-0.05, 0) is 45.3 Å². The van der Waals surface area contributed by atoms with E-state index >= 15 is 0 Å². The molecule has 3 heterocycles. The lowest BCUT2D eigenvalue weighted by Gasteiger charge is -2.34. The minimum absolute atomic E-state index is 0.127. The van der Waals surface area contributed by atoms with Gasteiger partial charge in [0.2, 0.25) is 5.89 Å². The lowest BCUT2D eigenvalue weighted by molar-refractivity contribution is 0.134. The monoisotopic (exact) mass is 347 g/mol. The van der Waals surface area contributed by atoms with Gasteiger partial charge in [-0.2, -0.15) is 10.1 Å². The van der Waals surface area contributed by atoms with Crippen molar-refractivity contribution in [2.75, 3.05) is 19.7 Å². The van der Waals surface area contributed by atoms with Crippen LogP contribution >= 0.6 is 0 Å². The van der Waals surface area contributed by atoms with Crippen LogP contribution in [0.4, 0.5) is 0 Å². The fourth-order valence-electron chi connectivity index (χ4n) is 3.58. The summed E-state index contributed by atoms with van der Waals surface area (Å²) in [5.41, 5.74) is 1.24. The minimum atomic E-state index is 0.127. The first-order valence-electron chi connectivity index (χ1n) is 9.42. The molecule has 0 saturated carbocycles. The number of aryl methyl sites for hydroxylation is 1. The zero-order valence-corrected chi connectivity index (χ0v) is 15.3. The van der Waals surface area contributed by atoms with Crippen LogP contribution in [0.2, 0.25) is 0 Å².